The second kappa shape index (κ2) is 4.28. The van der Waals surface area contributed by atoms with E-state index in [2.05, 4.69) is 28.7 Å². The predicted molar refractivity (Wildman–Crippen MR) is 73.0 cm³/mol. The van der Waals surface area contributed by atoms with Crippen LogP contribution in [0.15, 0.2) is 12.3 Å². The Bertz CT molecular complexity index is 560. The maximum Gasteiger partial charge on any atom is 0.150 e. The van der Waals surface area contributed by atoms with Crippen LogP contribution in [0, 0.1) is 17.2 Å². The molecule has 1 fully saturated rings. The number of nitrogens with two attached hydrogens (primary N) is 1. The molecular formula is C13H18N6. The van der Waals surface area contributed by atoms with Gasteiger partial charge in [0.05, 0.1) is 11.7 Å². The van der Waals surface area contributed by atoms with Gasteiger partial charge in [0.25, 0.3) is 0 Å². The van der Waals surface area contributed by atoms with Gasteiger partial charge in [-0.2, -0.15) is 10.4 Å². The molecule has 100 valence electrons. The molecule has 2 aliphatic rings. The lowest BCUT2D eigenvalue weighted by Gasteiger charge is -2.41. The van der Waals surface area contributed by atoms with E-state index in [0.717, 1.165) is 19.5 Å². The van der Waals surface area contributed by atoms with E-state index in [1.807, 2.05) is 6.08 Å². The molecule has 3 heterocycles. The average molecular weight is 258 g/mol. The number of piperidine rings is 1. The summed E-state index contributed by atoms with van der Waals surface area (Å²) < 4.78 is 1.59. The molecule has 0 aromatic carbocycles. The fraction of sp³-hybridized carbons (Fsp3) is 0.538. The van der Waals surface area contributed by atoms with Gasteiger partial charge in [-0.05, 0) is 38.3 Å². The zero-order valence-electron chi connectivity index (χ0n) is 11.0. The summed E-state index contributed by atoms with van der Waals surface area (Å²) in [6.07, 6.45) is 5.88. The largest absolute Gasteiger partial charge is 0.384 e. The molecular weight excluding hydrogens is 240 g/mol. The van der Waals surface area contributed by atoms with Crippen LogP contribution < -0.4 is 16.4 Å². The minimum absolute atomic E-state index is 0.237. The number of nitrogens with one attached hydrogen (secondary N) is 2. The van der Waals surface area contributed by atoms with Crippen LogP contribution in [0.3, 0.4) is 0 Å². The number of anilines is 1. The number of hydrogen-bond donors (Lipinski definition) is 3. The Hall–Kier alpha value is -2.00. The number of nitrogens with zero attached hydrogens (tertiary/aromatic N) is 3. The quantitative estimate of drug-likeness (QED) is 0.689. The average Bonchev–Trinajstić information content (AvgIpc) is 2.83. The molecule has 0 radical (unpaired) electrons. The van der Waals surface area contributed by atoms with Crippen LogP contribution in [0.1, 0.15) is 25.3 Å². The molecule has 6 heteroatoms. The van der Waals surface area contributed by atoms with Gasteiger partial charge >= 0.3 is 0 Å². The lowest BCUT2D eigenvalue weighted by molar-refractivity contribution is 0.294. The molecule has 1 saturated heterocycles. The van der Waals surface area contributed by atoms with E-state index >= 15 is 0 Å². The molecule has 2 unspecified atom stereocenters. The van der Waals surface area contributed by atoms with Gasteiger partial charge in [-0.25, -0.2) is 4.68 Å². The van der Waals surface area contributed by atoms with E-state index in [1.165, 1.54) is 6.42 Å². The molecule has 19 heavy (non-hydrogen) atoms. The minimum atomic E-state index is -0.237. The number of nitriles is 1. The lowest BCUT2D eigenvalue weighted by Crippen LogP contribution is -2.50. The highest BCUT2D eigenvalue weighted by molar-refractivity contribution is 5.65. The Morgan fingerprint density at radius 3 is 3.16 bits per heavy atom. The molecule has 2 aliphatic heterocycles. The zero-order valence-corrected chi connectivity index (χ0v) is 11.0. The van der Waals surface area contributed by atoms with Crippen LogP contribution in [-0.2, 0) is 0 Å². The van der Waals surface area contributed by atoms with Crippen LogP contribution in [-0.4, -0.2) is 28.4 Å². The number of hydrogen-bond acceptors (Lipinski definition) is 5. The van der Waals surface area contributed by atoms with Gasteiger partial charge in [0, 0.05) is 6.54 Å². The van der Waals surface area contributed by atoms with Gasteiger partial charge in [0.1, 0.15) is 23.3 Å². The van der Waals surface area contributed by atoms with Gasteiger partial charge in [0.15, 0.2) is 0 Å². The van der Waals surface area contributed by atoms with Gasteiger partial charge in [-0.15, -0.1) is 0 Å². The van der Waals surface area contributed by atoms with Crippen molar-refractivity contribution in [3.63, 3.8) is 0 Å². The molecule has 0 spiro atoms. The predicted octanol–water partition coefficient (Wildman–Crippen LogP) is 0.696. The second-order valence-corrected chi connectivity index (χ2v) is 5.45. The molecule has 1 aromatic heterocycles. The van der Waals surface area contributed by atoms with E-state index < -0.39 is 0 Å². The van der Waals surface area contributed by atoms with E-state index in [4.69, 9.17) is 11.0 Å². The summed E-state index contributed by atoms with van der Waals surface area (Å²) in [5, 5.41) is 20.2. The van der Waals surface area contributed by atoms with Crippen LogP contribution in [0.5, 0.6) is 0 Å². The highest BCUT2D eigenvalue weighted by atomic mass is 15.4. The Balaban J connectivity index is 1.98. The first-order valence-electron chi connectivity index (χ1n) is 6.60. The Labute approximate surface area is 112 Å². The standard InChI is InChI=1S/C13H18N6/c1-13(10-3-2-4-16-8-10)5-11(15)19-12(18-13)9(6-14)7-17-19/h5,7,10,16,18H,2-4,8,15H2,1H3. The molecule has 0 aliphatic carbocycles. The maximum absolute atomic E-state index is 9.13. The first-order chi connectivity index (χ1) is 9.14. The van der Waals surface area contributed by atoms with E-state index in [9.17, 15) is 0 Å². The summed E-state index contributed by atoms with van der Waals surface area (Å²) in [6.45, 7) is 4.17. The monoisotopic (exact) mass is 258 g/mol. The smallest absolute Gasteiger partial charge is 0.150 e. The van der Waals surface area contributed by atoms with Crippen molar-refractivity contribution in [2.24, 2.45) is 11.7 Å². The van der Waals surface area contributed by atoms with Crippen molar-refractivity contribution >= 4 is 11.6 Å². The van der Waals surface area contributed by atoms with Crippen molar-refractivity contribution in [3.05, 3.63) is 17.8 Å². The molecule has 0 bridgehead atoms. The fourth-order valence-corrected chi connectivity index (χ4v) is 2.99. The number of fused-ring (bicyclic) bond motifs is 1. The third kappa shape index (κ3) is 1.87. The maximum atomic E-state index is 9.13. The third-order valence-electron chi connectivity index (χ3n) is 4.11. The molecule has 6 nitrogen and oxygen atoms in total. The summed E-state index contributed by atoms with van der Waals surface area (Å²) in [5.74, 6) is 1.74. The third-order valence-corrected chi connectivity index (χ3v) is 4.11. The molecule has 0 amide bonds. The van der Waals surface area contributed by atoms with E-state index in [-0.39, 0.29) is 5.54 Å². The van der Waals surface area contributed by atoms with Crippen molar-refractivity contribution in [2.75, 3.05) is 18.4 Å². The highest BCUT2D eigenvalue weighted by Crippen LogP contribution is 2.35. The first-order valence-corrected chi connectivity index (χ1v) is 6.60. The first kappa shape index (κ1) is 12.1. The van der Waals surface area contributed by atoms with Gasteiger partial charge in [0.2, 0.25) is 0 Å². The topological polar surface area (TPSA) is 91.7 Å². The molecule has 1 aromatic rings. The Morgan fingerprint density at radius 2 is 2.47 bits per heavy atom. The summed E-state index contributed by atoms with van der Waals surface area (Å²) >= 11 is 0. The van der Waals surface area contributed by atoms with Crippen molar-refractivity contribution in [1.82, 2.24) is 15.1 Å². The second-order valence-electron chi connectivity index (χ2n) is 5.45. The zero-order chi connectivity index (χ0) is 13.5. The highest BCUT2D eigenvalue weighted by Gasteiger charge is 2.38. The van der Waals surface area contributed by atoms with E-state index in [0.29, 0.717) is 23.1 Å². The molecule has 2 atom stereocenters. The van der Waals surface area contributed by atoms with Crippen molar-refractivity contribution < 1.29 is 0 Å². The van der Waals surface area contributed by atoms with Crippen LogP contribution in [0.25, 0.3) is 5.82 Å². The summed E-state index contributed by atoms with van der Waals surface area (Å²) in [7, 11) is 0. The number of aromatic nitrogens is 2. The lowest BCUT2D eigenvalue weighted by atomic mass is 9.79. The van der Waals surface area contributed by atoms with Gasteiger partial charge < -0.3 is 16.4 Å². The Kier molecular flexibility index (Phi) is 2.72. The molecule has 4 N–H and O–H groups in total. The molecule has 0 saturated carbocycles. The van der Waals surface area contributed by atoms with E-state index in [1.54, 1.807) is 10.9 Å². The summed E-state index contributed by atoms with van der Waals surface area (Å²) in [6, 6.07) is 2.15. The van der Waals surface area contributed by atoms with Crippen molar-refractivity contribution in [3.8, 4) is 6.07 Å². The fourth-order valence-electron chi connectivity index (χ4n) is 2.99. The normalized spacial score (nSPS) is 29.9. The summed E-state index contributed by atoms with van der Waals surface area (Å²) in [5.41, 5.74) is 6.38. The van der Waals surface area contributed by atoms with Gasteiger partial charge in [-0.1, -0.05) is 0 Å². The SMILES string of the molecule is CC1(C2CCCNC2)C=C(N)n2ncc(C#N)c2N1. The van der Waals surface area contributed by atoms with Crippen LogP contribution >= 0.6 is 0 Å². The van der Waals surface area contributed by atoms with Crippen LogP contribution in [0.2, 0.25) is 0 Å². The van der Waals surface area contributed by atoms with Gasteiger partial charge in [-0.3, -0.25) is 0 Å². The minimum Gasteiger partial charge on any atom is -0.384 e. The number of rotatable bonds is 1. The Morgan fingerprint density at radius 1 is 1.63 bits per heavy atom. The van der Waals surface area contributed by atoms with Crippen LogP contribution in [0.4, 0.5) is 5.82 Å². The van der Waals surface area contributed by atoms with Crippen molar-refractivity contribution in [1.29, 1.82) is 5.26 Å². The molecule has 3 rings (SSSR count). The van der Waals surface area contributed by atoms with Crippen molar-refractivity contribution in [2.45, 2.75) is 25.3 Å². The summed E-state index contributed by atoms with van der Waals surface area (Å²) in [4.78, 5) is 0.